The molecule has 2 aromatic carbocycles. The molecule has 0 bridgehead atoms. The summed E-state index contributed by atoms with van der Waals surface area (Å²) in [6.07, 6.45) is 0. The van der Waals surface area contributed by atoms with Gasteiger partial charge in [0.1, 0.15) is 0 Å². The molecule has 0 aliphatic rings. The Morgan fingerprint density at radius 3 is 2.37 bits per heavy atom. The Morgan fingerprint density at radius 1 is 1.00 bits per heavy atom. The van der Waals surface area contributed by atoms with Crippen LogP contribution in [0.3, 0.4) is 0 Å². The van der Waals surface area contributed by atoms with Crippen molar-refractivity contribution in [3.8, 4) is 5.69 Å². The van der Waals surface area contributed by atoms with Gasteiger partial charge in [0, 0.05) is 16.0 Å². The molecule has 4 aromatic rings. The van der Waals surface area contributed by atoms with E-state index in [1.165, 1.54) is 11.8 Å². The van der Waals surface area contributed by atoms with Crippen LogP contribution in [0.5, 0.6) is 0 Å². The maximum atomic E-state index is 13.3. The van der Waals surface area contributed by atoms with E-state index in [1.54, 1.807) is 47.0 Å². The fraction of sp³-hybridized carbons (Fsp3) is 0.238. The van der Waals surface area contributed by atoms with Crippen LogP contribution < -0.4 is 5.56 Å². The Bertz CT molecular complexity index is 1270. The summed E-state index contributed by atoms with van der Waals surface area (Å²) in [6.45, 7) is 5.93. The summed E-state index contributed by atoms with van der Waals surface area (Å²) >= 11 is 13.5. The first-order chi connectivity index (χ1) is 14.3. The van der Waals surface area contributed by atoms with Gasteiger partial charge in [-0.2, -0.15) is 4.98 Å². The number of thioether (sulfide) groups is 1. The average molecular weight is 461 g/mol. The van der Waals surface area contributed by atoms with Gasteiger partial charge in [-0.05, 0) is 49.4 Å². The molecule has 30 heavy (non-hydrogen) atoms. The predicted octanol–water partition coefficient (Wildman–Crippen LogP) is 6.05. The van der Waals surface area contributed by atoms with Crippen molar-refractivity contribution < 1.29 is 4.52 Å². The molecule has 2 aromatic heterocycles. The molecule has 0 radical (unpaired) electrons. The molecule has 1 atom stereocenters. The highest BCUT2D eigenvalue weighted by Gasteiger charge is 2.21. The van der Waals surface area contributed by atoms with Crippen LogP contribution in [-0.2, 0) is 0 Å². The number of nitrogens with zero attached hydrogens (tertiary/aromatic N) is 4. The number of hydrogen-bond donors (Lipinski definition) is 0. The summed E-state index contributed by atoms with van der Waals surface area (Å²) in [6, 6.07) is 12.1. The Hall–Kier alpha value is -2.35. The van der Waals surface area contributed by atoms with Crippen LogP contribution in [0.15, 0.2) is 56.9 Å². The average Bonchev–Trinajstić information content (AvgIpc) is 3.20. The Kier molecular flexibility index (Phi) is 5.86. The molecule has 0 aliphatic heterocycles. The van der Waals surface area contributed by atoms with E-state index in [0.29, 0.717) is 43.5 Å². The second kappa shape index (κ2) is 8.41. The molecule has 0 saturated heterocycles. The van der Waals surface area contributed by atoms with Crippen molar-refractivity contribution in [1.82, 2.24) is 19.7 Å². The molecular weight excluding hydrogens is 443 g/mol. The lowest BCUT2D eigenvalue weighted by atomic mass is 10.2. The highest BCUT2D eigenvalue weighted by atomic mass is 35.5. The molecule has 9 heteroatoms. The molecule has 0 saturated carbocycles. The minimum Gasteiger partial charge on any atom is -0.338 e. The zero-order valence-corrected chi connectivity index (χ0v) is 18.8. The number of hydrogen-bond acceptors (Lipinski definition) is 6. The number of rotatable bonds is 5. The lowest BCUT2D eigenvalue weighted by Gasteiger charge is -2.15. The van der Waals surface area contributed by atoms with Crippen LogP contribution in [0.1, 0.15) is 43.7 Å². The molecule has 154 valence electrons. The minimum absolute atomic E-state index is 0.160. The zero-order chi connectivity index (χ0) is 21.4. The van der Waals surface area contributed by atoms with Crippen molar-refractivity contribution in [2.75, 3.05) is 0 Å². The van der Waals surface area contributed by atoms with E-state index in [1.807, 2.05) is 20.8 Å². The summed E-state index contributed by atoms with van der Waals surface area (Å²) in [5, 5.41) is 5.88. The van der Waals surface area contributed by atoms with E-state index in [9.17, 15) is 4.79 Å². The van der Waals surface area contributed by atoms with Gasteiger partial charge < -0.3 is 4.52 Å². The van der Waals surface area contributed by atoms with Gasteiger partial charge in [-0.15, -0.1) is 0 Å². The van der Waals surface area contributed by atoms with E-state index in [0.717, 1.165) is 0 Å². The van der Waals surface area contributed by atoms with Crippen LogP contribution in [0.4, 0.5) is 0 Å². The molecular formula is C21H18Cl2N4O2S. The van der Waals surface area contributed by atoms with E-state index in [-0.39, 0.29) is 16.7 Å². The molecule has 2 heterocycles. The standard InChI is InChI=1S/C21H18Cl2N4O2S/c1-11(2)18-25-19(29-26-18)12(3)30-21-24-17-10-14(23)6-9-16(17)20(28)27(21)15-7-4-13(22)5-8-15/h4-12H,1-3H3. The minimum atomic E-state index is -0.216. The molecule has 0 fully saturated rings. The van der Waals surface area contributed by atoms with Gasteiger partial charge in [0.15, 0.2) is 11.0 Å². The number of aromatic nitrogens is 4. The van der Waals surface area contributed by atoms with Gasteiger partial charge in [0.05, 0.1) is 21.8 Å². The number of fused-ring (bicyclic) bond motifs is 1. The van der Waals surface area contributed by atoms with Crippen molar-refractivity contribution in [2.24, 2.45) is 0 Å². The second-order valence-corrected chi connectivity index (χ2v) is 9.26. The second-order valence-electron chi connectivity index (χ2n) is 7.08. The van der Waals surface area contributed by atoms with Gasteiger partial charge >= 0.3 is 0 Å². The van der Waals surface area contributed by atoms with Crippen molar-refractivity contribution >= 4 is 45.9 Å². The van der Waals surface area contributed by atoms with Crippen LogP contribution in [0, 0.1) is 0 Å². The van der Waals surface area contributed by atoms with Crippen molar-refractivity contribution in [2.45, 2.75) is 37.1 Å². The Morgan fingerprint density at radius 2 is 1.70 bits per heavy atom. The van der Waals surface area contributed by atoms with Crippen LogP contribution in [0.25, 0.3) is 16.6 Å². The van der Waals surface area contributed by atoms with E-state index >= 15 is 0 Å². The molecule has 0 spiro atoms. The van der Waals surface area contributed by atoms with Gasteiger partial charge in [-0.1, -0.05) is 54.0 Å². The van der Waals surface area contributed by atoms with E-state index in [4.69, 9.17) is 32.7 Å². The topological polar surface area (TPSA) is 73.8 Å². The third-order valence-electron chi connectivity index (χ3n) is 4.49. The maximum Gasteiger partial charge on any atom is 0.266 e. The van der Waals surface area contributed by atoms with Crippen molar-refractivity contribution in [3.63, 3.8) is 0 Å². The summed E-state index contributed by atoms with van der Waals surface area (Å²) in [4.78, 5) is 22.5. The van der Waals surface area contributed by atoms with Gasteiger partial charge in [0.2, 0.25) is 5.89 Å². The molecule has 0 amide bonds. The molecule has 0 aliphatic carbocycles. The summed E-state index contributed by atoms with van der Waals surface area (Å²) < 4.78 is 6.99. The monoisotopic (exact) mass is 460 g/mol. The highest BCUT2D eigenvalue weighted by molar-refractivity contribution is 7.99. The lowest BCUT2D eigenvalue weighted by Crippen LogP contribution is -2.22. The SMILES string of the molecule is CC(C)c1noc(C(C)Sc2nc3cc(Cl)ccc3c(=O)n2-c2ccc(Cl)cc2)n1. The maximum absolute atomic E-state index is 13.3. The summed E-state index contributed by atoms with van der Waals surface area (Å²) in [5.74, 6) is 1.28. The normalized spacial score (nSPS) is 12.6. The smallest absolute Gasteiger partial charge is 0.266 e. The molecule has 4 rings (SSSR count). The largest absolute Gasteiger partial charge is 0.338 e. The Labute approximate surface area is 187 Å². The summed E-state index contributed by atoms with van der Waals surface area (Å²) in [5.41, 5.74) is 1.000. The number of halogens is 2. The van der Waals surface area contributed by atoms with Gasteiger partial charge in [-0.3, -0.25) is 9.36 Å². The third kappa shape index (κ3) is 4.10. The van der Waals surface area contributed by atoms with Crippen LogP contribution >= 0.6 is 35.0 Å². The van der Waals surface area contributed by atoms with Crippen LogP contribution in [0.2, 0.25) is 10.0 Å². The first kappa shape index (κ1) is 20.9. The van der Waals surface area contributed by atoms with Gasteiger partial charge in [0.25, 0.3) is 5.56 Å². The van der Waals surface area contributed by atoms with Crippen molar-refractivity contribution in [1.29, 1.82) is 0 Å². The number of benzene rings is 2. The predicted molar refractivity (Wildman–Crippen MR) is 120 cm³/mol. The Balaban J connectivity index is 1.84. The zero-order valence-electron chi connectivity index (χ0n) is 16.5. The molecule has 6 nitrogen and oxygen atoms in total. The molecule has 0 N–H and O–H groups in total. The highest BCUT2D eigenvalue weighted by Crippen LogP contribution is 2.35. The summed E-state index contributed by atoms with van der Waals surface area (Å²) in [7, 11) is 0. The van der Waals surface area contributed by atoms with Crippen LogP contribution in [-0.4, -0.2) is 19.7 Å². The fourth-order valence-corrected chi connectivity index (χ4v) is 4.14. The van der Waals surface area contributed by atoms with E-state index in [2.05, 4.69) is 10.1 Å². The van der Waals surface area contributed by atoms with E-state index < -0.39 is 0 Å². The van der Waals surface area contributed by atoms with Crippen molar-refractivity contribution in [3.05, 3.63) is 74.6 Å². The third-order valence-corrected chi connectivity index (χ3v) is 6.02. The molecule has 1 unspecified atom stereocenters. The van der Waals surface area contributed by atoms with Gasteiger partial charge in [-0.25, -0.2) is 4.98 Å². The first-order valence-corrected chi connectivity index (χ1v) is 11.0. The first-order valence-electron chi connectivity index (χ1n) is 9.32. The lowest BCUT2D eigenvalue weighted by molar-refractivity contribution is 0.373. The fourth-order valence-electron chi connectivity index (χ4n) is 2.89. The quantitative estimate of drug-likeness (QED) is 0.266.